The van der Waals surface area contributed by atoms with E-state index in [1.54, 1.807) is 0 Å². The molecule has 17 heavy (non-hydrogen) atoms. The summed E-state index contributed by atoms with van der Waals surface area (Å²) in [5.41, 5.74) is 5.00. The fraction of sp³-hybridized carbons (Fsp3) is 0.636. The molecule has 0 bridgehead atoms. The topological polar surface area (TPSA) is 104 Å². The van der Waals surface area contributed by atoms with E-state index in [0.29, 0.717) is 5.82 Å². The third-order valence-corrected chi connectivity index (χ3v) is 3.39. The van der Waals surface area contributed by atoms with Crippen LogP contribution in [-0.2, 0) is 0 Å². The van der Waals surface area contributed by atoms with Crippen LogP contribution in [0.4, 0.5) is 11.5 Å². The first-order valence-electron chi connectivity index (χ1n) is 5.89. The number of H-pyrrole nitrogens is 1. The molecule has 0 radical (unpaired) electrons. The van der Waals surface area contributed by atoms with Gasteiger partial charge in [-0.2, -0.15) is 0 Å². The first-order chi connectivity index (χ1) is 8.17. The van der Waals surface area contributed by atoms with Crippen molar-refractivity contribution in [2.24, 2.45) is 0 Å². The Hall–Kier alpha value is -1.56. The van der Waals surface area contributed by atoms with Gasteiger partial charge in [0.25, 0.3) is 5.56 Å². The molecule has 6 nitrogen and oxygen atoms in total. The molecule has 2 rings (SSSR count). The van der Waals surface area contributed by atoms with E-state index in [4.69, 9.17) is 5.73 Å². The van der Waals surface area contributed by atoms with E-state index >= 15 is 0 Å². The summed E-state index contributed by atoms with van der Waals surface area (Å²) < 4.78 is 0. The van der Waals surface area contributed by atoms with Crippen molar-refractivity contribution in [2.45, 2.75) is 37.6 Å². The number of aromatic nitrogens is 2. The minimum absolute atomic E-state index is 0.0287. The smallest absolute Gasteiger partial charge is 0.276 e. The Morgan fingerprint density at radius 3 is 2.82 bits per heavy atom. The van der Waals surface area contributed by atoms with E-state index in [9.17, 15) is 9.90 Å². The molecule has 1 heterocycles. The minimum Gasteiger partial charge on any atom is -0.394 e. The number of aliphatic hydroxyl groups is 1. The van der Waals surface area contributed by atoms with Crippen LogP contribution in [0.25, 0.3) is 0 Å². The lowest BCUT2D eigenvalue weighted by Gasteiger charge is -2.37. The largest absolute Gasteiger partial charge is 0.394 e. The molecule has 0 unspecified atom stereocenters. The fourth-order valence-electron chi connectivity index (χ4n) is 2.31. The van der Waals surface area contributed by atoms with Gasteiger partial charge in [-0.25, -0.2) is 4.98 Å². The van der Waals surface area contributed by atoms with Crippen LogP contribution in [0.2, 0.25) is 0 Å². The summed E-state index contributed by atoms with van der Waals surface area (Å²) >= 11 is 0. The Morgan fingerprint density at radius 2 is 2.18 bits per heavy atom. The Morgan fingerprint density at radius 1 is 1.47 bits per heavy atom. The van der Waals surface area contributed by atoms with Crippen LogP contribution < -0.4 is 16.6 Å². The van der Waals surface area contributed by atoms with Gasteiger partial charge in [0.1, 0.15) is 5.69 Å². The van der Waals surface area contributed by atoms with Gasteiger partial charge in [0.15, 0.2) is 5.82 Å². The third-order valence-electron chi connectivity index (χ3n) is 3.39. The highest BCUT2D eigenvalue weighted by molar-refractivity contribution is 5.60. The Bertz CT molecular complexity index is 437. The molecule has 1 aliphatic carbocycles. The van der Waals surface area contributed by atoms with E-state index in [2.05, 4.69) is 15.3 Å². The molecule has 1 aromatic rings. The minimum atomic E-state index is -0.382. The van der Waals surface area contributed by atoms with Crippen molar-refractivity contribution < 1.29 is 5.11 Å². The SMILES string of the molecule is Nc1c(NC2(CO)CCCCC2)nc[nH]c1=O. The van der Waals surface area contributed by atoms with E-state index < -0.39 is 0 Å². The van der Waals surface area contributed by atoms with Gasteiger partial charge in [-0.1, -0.05) is 19.3 Å². The molecule has 6 heteroatoms. The van der Waals surface area contributed by atoms with Gasteiger partial charge in [0.05, 0.1) is 18.5 Å². The standard InChI is InChI=1S/C11H18N4O2/c12-8-9(13-7-14-10(8)17)15-11(6-16)4-2-1-3-5-11/h7,16H,1-6,12H2,(H2,13,14,15,17). The molecular formula is C11H18N4O2. The zero-order chi connectivity index (χ0) is 12.3. The van der Waals surface area contributed by atoms with Gasteiger partial charge in [0.2, 0.25) is 0 Å². The summed E-state index contributed by atoms with van der Waals surface area (Å²) in [6.07, 6.45) is 6.37. The number of aliphatic hydroxyl groups excluding tert-OH is 1. The lowest BCUT2D eigenvalue weighted by atomic mass is 9.82. The maximum atomic E-state index is 11.4. The Kier molecular flexibility index (Phi) is 3.33. The van der Waals surface area contributed by atoms with Crippen LogP contribution in [0, 0.1) is 0 Å². The van der Waals surface area contributed by atoms with Crippen LogP contribution in [0.1, 0.15) is 32.1 Å². The summed E-state index contributed by atoms with van der Waals surface area (Å²) in [7, 11) is 0. The molecule has 1 aliphatic rings. The van der Waals surface area contributed by atoms with Gasteiger partial charge < -0.3 is 21.1 Å². The second kappa shape index (κ2) is 4.75. The fourth-order valence-corrected chi connectivity index (χ4v) is 2.31. The quantitative estimate of drug-likeness (QED) is 0.612. The normalized spacial score (nSPS) is 18.9. The van der Waals surface area contributed by atoms with Crippen molar-refractivity contribution in [3.8, 4) is 0 Å². The number of nitrogen functional groups attached to an aromatic ring is 1. The van der Waals surface area contributed by atoms with Crippen molar-refractivity contribution in [3.63, 3.8) is 0 Å². The van der Waals surface area contributed by atoms with Crippen LogP contribution in [0.3, 0.4) is 0 Å². The number of aromatic amines is 1. The Balaban J connectivity index is 2.23. The zero-order valence-corrected chi connectivity index (χ0v) is 9.70. The van der Waals surface area contributed by atoms with Crippen LogP contribution >= 0.6 is 0 Å². The molecule has 1 fully saturated rings. The first kappa shape index (κ1) is 11.9. The molecule has 5 N–H and O–H groups in total. The first-order valence-corrected chi connectivity index (χ1v) is 5.89. The summed E-state index contributed by atoms with van der Waals surface area (Å²) in [6.45, 7) is 0.0287. The van der Waals surface area contributed by atoms with Crippen LogP contribution in [0.5, 0.6) is 0 Å². The molecule has 0 saturated heterocycles. The van der Waals surface area contributed by atoms with Gasteiger partial charge in [-0.3, -0.25) is 4.79 Å². The average molecular weight is 238 g/mol. The van der Waals surface area contributed by atoms with Crippen LogP contribution in [0.15, 0.2) is 11.1 Å². The summed E-state index contributed by atoms with van der Waals surface area (Å²) in [5, 5.41) is 12.7. The number of rotatable bonds is 3. The number of nitrogens with two attached hydrogens (primary N) is 1. The molecular weight excluding hydrogens is 220 g/mol. The molecule has 0 aromatic carbocycles. The molecule has 1 aromatic heterocycles. The molecule has 0 atom stereocenters. The highest BCUT2D eigenvalue weighted by Crippen LogP contribution is 2.31. The molecule has 0 spiro atoms. The number of anilines is 2. The molecule has 0 aliphatic heterocycles. The molecule has 1 saturated carbocycles. The number of hydrogen-bond donors (Lipinski definition) is 4. The van der Waals surface area contributed by atoms with E-state index in [1.807, 2.05) is 0 Å². The number of nitrogens with zero attached hydrogens (tertiary/aromatic N) is 1. The van der Waals surface area contributed by atoms with E-state index in [1.165, 1.54) is 12.7 Å². The van der Waals surface area contributed by atoms with Gasteiger partial charge in [0, 0.05) is 0 Å². The highest BCUT2D eigenvalue weighted by Gasteiger charge is 2.32. The zero-order valence-electron chi connectivity index (χ0n) is 9.70. The van der Waals surface area contributed by atoms with Crippen molar-refractivity contribution in [3.05, 3.63) is 16.7 Å². The molecule has 0 amide bonds. The summed E-state index contributed by atoms with van der Waals surface area (Å²) in [6, 6.07) is 0. The van der Waals surface area contributed by atoms with E-state index in [-0.39, 0.29) is 23.4 Å². The second-order valence-corrected chi connectivity index (χ2v) is 4.62. The third kappa shape index (κ3) is 2.41. The maximum absolute atomic E-state index is 11.4. The van der Waals surface area contributed by atoms with Crippen molar-refractivity contribution in [2.75, 3.05) is 17.7 Å². The van der Waals surface area contributed by atoms with Crippen molar-refractivity contribution in [1.29, 1.82) is 0 Å². The predicted octanol–water partition coefficient (Wildman–Crippen LogP) is 0.459. The summed E-state index contributed by atoms with van der Waals surface area (Å²) in [5.74, 6) is 0.365. The molecule has 94 valence electrons. The lowest BCUT2D eigenvalue weighted by molar-refractivity contribution is 0.172. The van der Waals surface area contributed by atoms with Crippen molar-refractivity contribution >= 4 is 11.5 Å². The van der Waals surface area contributed by atoms with Gasteiger partial charge in [-0.15, -0.1) is 0 Å². The number of hydrogen-bond acceptors (Lipinski definition) is 5. The maximum Gasteiger partial charge on any atom is 0.276 e. The van der Waals surface area contributed by atoms with Gasteiger partial charge in [-0.05, 0) is 12.8 Å². The Labute approximate surface area is 99.3 Å². The lowest BCUT2D eigenvalue weighted by Crippen LogP contribution is -2.44. The van der Waals surface area contributed by atoms with Crippen molar-refractivity contribution in [1.82, 2.24) is 9.97 Å². The monoisotopic (exact) mass is 238 g/mol. The highest BCUT2D eigenvalue weighted by atomic mass is 16.3. The number of nitrogens with one attached hydrogen (secondary N) is 2. The van der Waals surface area contributed by atoms with E-state index in [0.717, 1.165) is 25.7 Å². The average Bonchev–Trinajstić information content (AvgIpc) is 2.36. The summed E-state index contributed by atoms with van der Waals surface area (Å²) in [4.78, 5) is 17.8. The van der Waals surface area contributed by atoms with Gasteiger partial charge >= 0.3 is 0 Å². The second-order valence-electron chi connectivity index (χ2n) is 4.62. The van der Waals surface area contributed by atoms with Crippen LogP contribution in [-0.4, -0.2) is 27.2 Å². The predicted molar refractivity (Wildman–Crippen MR) is 65.8 cm³/mol.